The number of piperidine rings is 1. The van der Waals surface area contributed by atoms with E-state index in [1.807, 2.05) is 0 Å². The number of rotatable bonds is 5. The average Bonchev–Trinajstić information content (AvgIpc) is 2.95. The Morgan fingerprint density at radius 2 is 1.90 bits per heavy atom. The normalized spacial score (nSPS) is 30.4. The van der Waals surface area contributed by atoms with E-state index in [0.717, 1.165) is 58.2 Å². The van der Waals surface area contributed by atoms with Crippen LogP contribution in [0.5, 0.6) is 0 Å². The van der Waals surface area contributed by atoms with Gasteiger partial charge in [0.2, 0.25) is 5.91 Å². The quantitative estimate of drug-likeness (QED) is 0.714. The highest BCUT2D eigenvalue weighted by Crippen LogP contribution is 2.58. The first kappa shape index (κ1) is 14.3. The van der Waals surface area contributed by atoms with Gasteiger partial charge >= 0.3 is 0 Å². The lowest BCUT2D eigenvalue weighted by Gasteiger charge is -2.29. The Morgan fingerprint density at radius 1 is 1.20 bits per heavy atom. The minimum absolute atomic E-state index is 0.181. The molecule has 1 spiro atoms. The van der Waals surface area contributed by atoms with Crippen LogP contribution in [-0.2, 0) is 4.79 Å². The molecule has 0 bridgehead atoms. The molecule has 4 heteroatoms. The van der Waals surface area contributed by atoms with Gasteiger partial charge < -0.3 is 15.7 Å². The van der Waals surface area contributed by atoms with E-state index < -0.39 is 0 Å². The second-order valence-electron chi connectivity index (χ2n) is 7.27. The van der Waals surface area contributed by atoms with Crippen LogP contribution < -0.4 is 10.6 Å². The minimum Gasteiger partial charge on any atom is -0.396 e. The van der Waals surface area contributed by atoms with Gasteiger partial charge in [0.05, 0.1) is 0 Å². The van der Waals surface area contributed by atoms with Crippen LogP contribution in [-0.4, -0.2) is 37.3 Å². The summed E-state index contributed by atoms with van der Waals surface area (Å²) in [6, 6.07) is 0. The van der Waals surface area contributed by atoms with Crippen molar-refractivity contribution in [3.8, 4) is 0 Å². The van der Waals surface area contributed by atoms with Crippen LogP contribution in [0.1, 0.15) is 51.4 Å². The molecule has 0 aromatic carbocycles. The van der Waals surface area contributed by atoms with Crippen LogP contribution in [0, 0.1) is 16.7 Å². The fourth-order valence-corrected chi connectivity index (χ4v) is 4.47. The van der Waals surface area contributed by atoms with E-state index in [-0.39, 0.29) is 23.8 Å². The molecular weight excluding hydrogens is 252 g/mol. The summed E-state index contributed by atoms with van der Waals surface area (Å²) in [5, 5.41) is 15.9. The van der Waals surface area contributed by atoms with Gasteiger partial charge in [0, 0.05) is 19.1 Å². The number of carbonyl (C=O) groups is 1. The van der Waals surface area contributed by atoms with Gasteiger partial charge in [-0.25, -0.2) is 0 Å². The Balaban J connectivity index is 1.50. The second-order valence-corrected chi connectivity index (χ2v) is 7.27. The molecule has 3 aliphatic rings. The molecule has 2 saturated carbocycles. The lowest BCUT2D eigenvalue weighted by Crippen LogP contribution is -2.39. The Kier molecular flexibility index (Phi) is 4.04. The minimum atomic E-state index is 0.181. The van der Waals surface area contributed by atoms with Crippen molar-refractivity contribution in [3.63, 3.8) is 0 Å². The number of hydrogen-bond donors (Lipinski definition) is 3. The molecule has 0 radical (unpaired) electrons. The van der Waals surface area contributed by atoms with Gasteiger partial charge in [0.25, 0.3) is 0 Å². The predicted molar refractivity (Wildman–Crippen MR) is 78.3 cm³/mol. The van der Waals surface area contributed by atoms with Crippen molar-refractivity contribution in [2.45, 2.75) is 51.4 Å². The smallest absolute Gasteiger partial charge is 0.223 e. The maximum atomic E-state index is 12.4. The van der Waals surface area contributed by atoms with Gasteiger partial charge in [-0.15, -0.1) is 0 Å². The lowest BCUT2D eigenvalue weighted by atomic mass is 9.83. The third-order valence-electron chi connectivity index (χ3n) is 6.05. The number of nitrogens with one attached hydrogen (secondary N) is 2. The van der Waals surface area contributed by atoms with Gasteiger partial charge in [-0.05, 0) is 62.4 Å². The Bertz CT molecular complexity index is 357. The van der Waals surface area contributed by atoms with Crippen LogP contribution in [0.4, 0.5) is 0 Å². The van der Waals surface area contributed by atoms with Crippen LogP contribution in [0.2, 0.25) is 0 Å². The molecule has 1 heterocycles. The highest BCUT2D eigenvalue weighted by molar-refractivity contribution is 5.82. The van der Waals surface area contributed by atoms with E-state index in [1.54, 1.807) is 0 Å². The molecule has 1 amide bonds. The van der Waals surface area contributed by atoms with Gasteiger partial charge in [-0.2, -0.15) is 0 Å². The zero-order chi connectivity index (χ0) is 14.1. The second kappa shape index (κ2) is 5.64. The topological polar surface area (TPSA) is 61.4 Å². The predicted octanol–water partition coefficient (Wildman–Crippen LogP) is 1.44. The molecule has 1 aliphatic heterocycles. The summed E-state index contributed by atoms with van der Waals surface area (Å²) in [6.07, 6.45) is 9.06. The van der Waals surface area contributed by atoms with Crippen molar-refractivity contribution in [2.24, 2.45) is 16.7 Å². The first-order chi connectivity index (χ1) is 9.70. The molecule has 4 nitrogen and oxygen atoms in total. The van der Waals surface area contributed by atoms with Crippen LogP contribution in [0.3, 0.4) is 0 Å². The standard InChI is InChI=1S/C16H28N2O2/c19-10-7-15(3-1-2-4-15)12-18-14(20)13-11-16(13)5-8-17-9-6-16/h13,17,19H,1-12H2,(H,18,20). The Labute approximate surface area is 121 Å². The number of aliphatic hydroxyl groups is 1. The Morgan fingerprint density at radius 3 is 2.55 bits per heavy atom. The molecule has 3 rings (SSSR count). The monoisotopic (exact) mass is 280 g/mol. The average molecular weight is 280 g/mol. The molecule has 114 valence electrons. The third kappa shape index (κ3) is 2.73. The van der Waals surface area contributed by atoms with Crippen LogP contribution >= 0.6 is 0 Å². The van der Waals surface area contributed by atoms with Gasteiger partial charge in [-0.1, -0.05) is 12.8 Å². The van der Waals surface area contributed by atoms with Crippen molar-refractivity contribution in [1.82, 2.24) is 10.6 Å². The van der Waals surface area contributed by atoms with Crippen molar-refractivity contribution >= 4 is 5.91 Å². The summed E-state index contributed by atoms with van der Waals surface area (Å²) in [6.45, 7) is 3.16. The summed E-state index contributed by atoms with van der Waals surface area (Å²) >= 11 is 0. The van der Waals surface area contributed by atoms with E-state index in [2.05, 4.69) is 10.6 Å². The maximum Gasteiger partial charge on any atom is 0.223 e. The summed E-state index contributed by atoms with van der Waals surface area (Å²) < 4.78 is 0. The molecule has 1 unspecified atom stereocenters. The number of hydrogen-bond acceptors (Lipinski definition) is 3. The molecule has 0 aromatic heterocycles. The van der Waals surface area contributed by atoms with Crippen LogP contribution in [0.15, 0.2) is 0 Å². The zero-order valence-corrected chi connectivity index (χ0v) is 12.4. The van der Waals surface area contributed by atoms with Crippen molar-refractivity contribution < 1.29 is 9.90 Å². The van der Waals surface area contributed by atoms with E-state index >= 15 is 0 Å². The fraction of sp³-hybridized carbons (Fsp3) is 0.938. The summed E-state index contributed by atoms with van der Waals surface area (Å²) in [7, 11) is 0. The van der Waals surface area contributed by atoms with E-state index in [1.165, 1.54) is 12.8 Å². The van der Waals surface area contributed by atoms with Gasteiger partial charge in [0.1, 0.15) is 0 Å². The van der Waals surface area contributed by atoms with E-state index in [0.29, 0.717) is 5.41 Å². The van der Waals surface area contributed by atoms with Crippen molar-refractivity contribution in [3.05, 3.63) is 0 Å². The number of amides is 1. The molecule has 0 aromatic rings. The molecule has 3 fully saturated rings. The zero-order valence-electron chi connectivity index (χ0n) is 12.4. The molecule has 20 heavy (non-hydrogen) atoms. The maximum absolute atomic E-state index is 12.4. The molecule has 1 saturated heterocycles. The number of carbonyl (C=O) groups excluding carboxylic acids is 1. The molecule has 2 aliphatic carbocycles. The first-order valence-electron chi connectivity index (χ1n) is 8.29. The summed E-state index contributed by atoms with van der Waals surface area (Å²) in [5.74, 6) is 0.535. The fourth-order valence-electron chi connectivity index (χ4n) is 4.47. The van der Waals surface area contributed by atoms with E-state index in [9.17, 15) is 9.90 Å². The Hall–Kier alpha value is -0.610. The van der Waals surface area contributed by atoms with Crippen molar-refractivity contribution in [1.29, 1.82) is 0 Å². The van der Waals surface area contributed by atoms with Gasteiger partial charge in [0.15, 0.2) is 0 Å². The summed E-state index contributed by atoms with van der Waals surface area (Å²) in [4.78, 5) is 12.4. The highest BCUT2D eigenvalue weighted by Gasteiger charge is 2.57. The molecular formula is C16H28N2O2. The SMILES string of the molecule is O=C(NCC1(CCO)CCCC1)C1CC12CCNCC2. The third-order valence-corrected chi connectivity index (χ3v) is 6.05. The molecule has 3 N–H and O–H groups in total. The largest absolute Gasteiger partial charge is 0.396 e. The summed E-state index contributed by atoms with van der Waals surface area (Å²) in [5.41, 5.74) is 0.510. The highest BCUT2D eigenvalue weighted by atomic mass is 16.3. The van der Waals surface area contributed by atoms with Crippen molar-refractivity contribution in [2.75, 3.05) is 26.2 Å². The van der Waals surface area contributed by atoms with Gasteiger partial charge in [-0.3, -0.25) is 4.79 Å². The first-order valence-corrected chi connectivity index (χ1v) is 8.29. The number of aliphatic hydroxyl groups excluding tert-OH is 1. The lowest BCUT2D eigenvalue weighted by molar-refractivity contribution is -0.123. The van der Waals surface area contributed by atoms with E-state index in [4.69, 9.17) is 0 Å². The van der Waals surface area contributed by atoms with Crippen LogP contribution in [0.25, 0.3) is 0 Å². The molecule has 1 atom stereocenters.